The fourth-order valence-corrected chi connectivity index (χ4v) is 2.04. The third-order valence-electron chi connectivity index (χ3n) is 3.34. The highest BCUT2D eigenvalue weighted by Crippen LogP contribution is 2.37. The summed E-state index contributed by atoms with van der Waals surface area (Å²) in [5, 5.41) is 2.96. The van der Waals surface area contributed by atoms with Crippen molar-refractivity contribution in [1.29, 1.82) is 0 Å². The van der Waals surface area contributed by atoms with Crippen LogP contribution < -0.4 is 5.32 Å². The van der Waals surface area contributed by atoms with Gasteiger partial charge < -0.3 is 5.32 Å². The second kappa shape index (κ2) is 5.81. The lowest BCUT2D eigenvalue weighted by Crippen LogP contribution is -2.13. The van der Waals surface area contributed by atoms with Crippen molar-refractivity contribution in [3.8, 4) is 11.1 Å². The van der Waals surface area contributed by atoms with Gasteiger partial charge in [-0.15, -0.1) is 0 Å². The fourth-order valence-electron chi connectivity index (χ4n) is 2.04. The van der Waals surface area contributed by atoms with Crippen LogP contribution in [-0.4, -0.2) is 12.0 Å². The molecule has 1 N–H and O–H groups in total. The van der Waals surface area contributed by atoms with Crippen LogP contribution in [0.2, 0.25) is 0 Å². The number of alkyl halides is 3. The van der Waals surface area contributed by atoms with Crippen LogP contribution in [0.4, 0.5) is 17.6 Å². The minimum atomic E-state index is -4.56. The van der Waals surface area contributed by atoms with Crippen LogP contribution in [0.25, 0.3) is 11.1 Å². The van der Waals surface area contributed by atoms with E-state index in [4.69, 9.17) is 0 Å². The molecule has 0 aliphatic heterocycles. The van der Waals surface area contributed by atoms with E-state index in [1.165, 1.54) is 12.1 Å². The van der Waals surface area contributed by atoms with E-state index >= 15 is 0 Å². The molecule has 21 heavy (non-hydrogen) atoms. The van der Waals surface area contributed by atoms with Gasteiger partial charge in [-0.2, -0.15) is 13.2 Å². The van der Waals surface area contributed by atoms with Crippen molar-refractivity contribution in [2.45, 2.75) is 19.1 Å². The van der Waals surface area contributed by atoms with Crippen molar-refractivity contribution in [2.24, 2.45) is 0 Å². The Labute approximate surface area is 119 Å². The van der Waals surface area contributed by atoms with Crippen molar-refractivity contribution in [3.63, 3.8) is 0 Å². The molecular weight excluding hydrogens is 284 g/mol. The number of nitrogens with one attached hydrogen (secondary N) is 1. The second-order valence-corrected chi connectivity index (χ2v) is 4.67. The van der Waals surface area contributed by atoms with Crippen LogP contribution in [0.3, 0.4) is 0 Å². The lowest BCUT2D eigenvalue weighted by Gasteiger charge is -2.16. The minimum absolute atomic E-state index is 0.102. The summed E-state index contributed by atoms with van der Waals surface area (Å²) in [7, 11) is 1.72. The zero-order chi connectivity index (χ0) is 15.6. The first kappa shape index (κ1) is 15.4. The van der Waals surface area contributed by atoms with E-state index in [-0.39, 0.29) is 17.2 Å². The van der Waals surface area contributed by atoms with E-state index in [0.717, 1.165) is 18.5 Å². The van der Waals surface area contributed by atoms with Gasteiger partial charge in [0, 0.05) is 29.6 Å². The quantitative estimate of drug-likeness (QED) is 0.860. The summed E-state index contributed by atoms with van der Waals surface area (Å²) in [4.78, 5) is 3.69. The Balaban J connectivity index is 2.62. The first-order valence-electron chi connectivity index (χ1n) is 6.33. The van der Waals surface area contributed by atoms with Gasteiger partial charge in [0.05, 0.1) is 5.56 Å². The molecule has 0 spiro atoms. The van der Waals surface area contributed by atoms with Crippen molar-refractivity contribution >= 4 is 0 Å². The summed E-state index contributed by atoms with van der Waals surface area (Å²) in [6, 6.07) is 4.89. The molecule has 0 amide bonds. The largest absolute Gasteiger partial charge is 0.417 e. The molecule has 1 atom stereocenters. The second-order valence-electron chi connectivity index (χ2n) is 4.67. The van der Waals surface area contributed by atoms with E-state index in [1.54, 1.807) is 13.1 Å². The molecule has 2 aromatic rings. The number of benzene rings is 1. The van der Waals surface area contributed by atoms with Crippen LogP contribution in [0.1, 0.15) is 24.1 Å². The summed E-state index contributed by atoms with van der Waals surface area (Å²) in [5.41, 5.74) is -0.556. The molecular formula is C15H14F4N2. The monoisotopic (exact) mass is 298 g/mol. The van der Waals surface area contributed by atoms with Crippen molar-refractivity contribution in [2.75, 3.05) is 7.05 Å². The molecule has 0 fully saturated rings. The zero-order valence-electron chi connectivity index (χ0n) is 11.5. The highest BCUT2D eigenvalue weighted by molar-refractivity contribution is 5.68. The molecule has 1 aromatic heterocycles. The molecule has 0 saturated heterocycles. The van der Waals surface area contributed by atoms with Gasteiger partial charge >= 0.3 is 6.18 Å². The van der Waals surface area contributed by atoms with E-state index in [1.807, 2.05) is 6.92 Å². The van der Waals surface area contributed by atoms with Gasteiger partial charge in [0.2, 0.25) is 0 Å². The van der Waals surface area contributed by atoms with Gasteiger partial charge in [-0.05, 0) is 37.7 Å². The smallest absolute Gasteiger partial charge is 0.313 e. The van der Waals surface area contributed by atoms with Gasteiger partial charge in [0.25, 0.3) is 0 Å². The summed E-state index contributed by atoms with van der Waals surface area (Å²) in [6.45, 7) is 1.84. The van der Waals surface area contributed by atoms with Gasteiger partial charge in [-0.3, -0.25) is 4.98 Å². The predicted octanol–water partition coefficient (Wildman–Crippen LogP) is 4.19. The van der Waals surface area contributed by atoms with E-state index in [2.05, 4.69) is 10.3 Å². The van der Waals surface area contributed by atoms with Gasteiger partial charge in [-0.25, -0.2) is 4.39 Å². The molecule has 2 rings (SSSR count). The fraction of sp³-hybridized carbons (Fsp3) is 0.267. The Morgan fingerprint density at radius 1 is 1.14 bits per heavy atom. The molecule has 0 bridgehead atoms. The topological polar surface area (TPSA) is 24.9 Å². The molecule has 0 saturated carbocycles. The molecule has 0 aliphatic rings. The Hall–Kier alpha value is -1.95. The maximum Gasteiger partial charge on any atom is 0.417 e. The molecule has 6 heteroatoms. The van der Waals surface area contributed by atoms with Crippen molar-refractivity contribution < 1.29 is 17.6 Å². The van der Waals surface area contributed by atoms with E-state index < -0.39 is 17.6 Å². The maximum absolute atomic E-state index is 14.0. The Morgan fingerprint density at radius 2 is 1.86 bits per heavy atom. The molecule has 1 heterocycles. The third kappa shape index (κ3) is 3.21. The normalized spacial score (nSPS) is 13.2. The molecule has 0 radical (unpaired) electrons. The highest BCUT2D eigenvalue weighted by atomic mass is 19.4. The number of nitrogens with zero attached hydrogens (tertiary/aromatic N) is 1. The summed E-state index contributed by atoms with van der Waals surface area (Å²) < 4.78 is 53.1. The Kier molecular flexibility index (Phi) is 4.27. The van der Waals surface area contributed by atoms with Gasteiger partial charge in [0.15, 0.2) is 0 Å². The minimum Gasteiger partial charge on any atom is -0.313 e. The first-order chi connectivity index (χ1) is 9.84. The number of halogens is 4. The number of hydrogen-bond donors (Lipinski definition) is 1. The summed E-state index contributed by atoms with van der Waals surface area (Å²) in [6.07, 6.45) is -2.48. The van der Waals surface area contributed by atoms with Crippen LogP contribution in [0.5, 0.6) is 0 Å². The van der Waals surface area contributed by atoms with Gasteiger partial charge in [0.1, 0.15) is 5.82 Å². The zero-order valence-corrected chi connectivity index (χ0v) is 11.5. The van der Waals surface area contributed by atoms with Crippen LogP contribution in [0.15, 0.2) is 36.7 Å². The summed E-state index contributed by atoms with van der Waals surface area (Å²) >= 11 is 0. The number of pyridine rings is 1. The van der Waals surface area contributed by atoms with Crippen LogP contribution in [-0.2, 0) is 6.18 Å². The molecule has 2 nitrogen and oxygen atoms in total. The molecule has 1 aromatic carbocycles. The van der Waals surface area contributed by atoms with Crippen molar-refractivity contribution in [3.05, 3.63) is 53.6 Å². The SMILES string of the molecule is CNC(C)c1ccc(F)c(-c2cnccc2C(F)(F)F)c1. The number of aromatic nitrogens is 1. The van der Waals surface area contributed by atoms with Crippen molar-refractivity contribution in [1.82, 2.24) is 10.3 Å². The first-order valence-corrected chi connectivity index (χ1v) is 6.33. The lowest BCUT2D eigenvalue weighted by atomic mass is 9.97. The van der Waals surface area contributed by atoms with Crippen LogP contribution in [0, 0.1) is 5.82 Å². The maximum atomic E-state index is 14.0. The average Bonchev–Trinajstić information content (AvgIpc) is 2.46. The predicted molar refractivity (Wildman–Crippen MR) is 72.1 cm³/mol. The van der Waals surface area contributed by atoms with Crippen LogP contribution >= 0.6 is 0 Å². The summed E-state index contributed by atoms with van der Waals surface area (Å²) in [5.74, 6) is -0.708. The third-order valence-corrected chi connectivity index (χ3v) is 3.34. The lowest BCUT2D eigenvalue weighted by molar-refractivity contribution is -0.137. The van der Waals surface area contributed by atoms with Gasteiger partial charge in [-0.1, -0.05) is 6.07 Å². The van der Waals surface area contributed by atoms with E-state index in [0.29, 0.717) is 5.56 Å². The molecule has 1 unspecified atom stereocenters. The highest BCUT2D eigenvalue weighted by Gasteiger charge is 2.34. The molecule has 112 valence electrons. The molecule has 0 aliphatic carbocycles. The average molecular weight is 298 g/mol. The Morgan fingerprint density at radius 3 is 2.48 bits per heavy atom. The number of rotatable bonds is 3. The standard InChI is InChI=1S/C15H14F4N2/c1-9(20-2)10-3-4-14(16)11(7-10)12-8-21-6-5-13(12)15(17,18)19/h3-9,20H,1-2H3. The Bertz CT molecular complexity index is 638. The number of hydrogen-bond acceptors (Lipinski definition) is 2. The van der Waals surface area contributed by atoms with E-state index in [9.17, 15) is 17.6 Å².